The standard InChI is InChI=1S/C10H19N5/c1-5-10(2,3)14-9(11)13-8-6-12-15(4)7-8/h6-7H,5H2,1-4H3,(H3,11,13,14). The summed E-state index contributed by atoms with van der Waals surface area (Å²) < 4.78 is 1.71. The molecule has 0 amide bonds. The van der Waals surface area contributed by atoms with Gasteiger partial charge in [-0.2, -0.15) is 5.10 Å². The molecule has 0 bridgehead atoms. The number of guanidine groups is 1. The summed E-state index contributed by atoms with van der Waals surface area (Å²) in [4.78, 5) is 4.38. The number of aliphatic imine (C=N–C) groups is 1. The topological polar surface area (TPSA) is 68.2 Å². The van der Waals surface area contributed by atoms with Gasteiger partial charge in [0.25, 0.3) is 0 Å². The first-order chi connectivity index (χ1) is 6.93. The van der Waals surface area contributed by atoms with Gasteiger partial charge in [-0.1, -0.05) is 6.92 Å². The van der Waals surface area contributed by atoms with Gasteiger partial charge in [-0.15, -0.1) is 0 Å². The van der Waals surface area contributed by atoms with Crippen LogP contribution >= 0.6 is 0 Å². The molecule has 0 radical (unpaired) electrons. The van der Waals surface area contributed by atoms with Crippen molar-refractivity contribution in [1.82, 2.24) is 9.78 Å². The molecule has 15 heavy (non-hydrogen) atoms. The number of aryl methyl sites for hydroxylation is 1. The second kappa shape index (κ2) is 4.33. The Morgan fingerprint density at radius 3 is 2.80 bits per heavy atom. The molecule has 1 aromatic rings. The molecule has 0 unspecified atom stereocenters. The minimum Gasteiger partial charge on any atom is -0.370 e. The summed E-state index contributed by atoms with van der Waals surface area (Å²) in [5.74, 6) is 0.426. The number of nitrogens with two attached hydrogens (primary N) is 1. The Labute approximate surface area is 90.4 Å². The summed E-state index contributed by atoms with van der Waals surface area (Å²) in [6.45, 7) is 6.18. The lowest BCUT2D eigenvalue weighted by molar-refractivity contribution is 0.504. The van der Waals surface area contributed by atoms with Crippen LogP contribution in [-0.4, -0.2) is 21.3 Å². The predicted octanol–water partition coefficient (Wildman–Crippen LogP) is 1.34. The number of anilines is 1. The van der Waals surface area contributed by atoms with E-state index in [2.05, 4.69) is 22.3 Å². The van der Waals surface area contributed by atoms with Crippen LogP contribution in [0.5, 0.6) is 0 Å². The first-order valence-electron chi connectivity index (χ1n) is 5.04. The summed E-state index contributed by atoms with van der Waals surface area (Å²) in [5.41, 5.74) is 6.51. The summed E-state index contributed by atoms with van der Waals surface area (Å²) in [6.07, 6.45) is 4.51. The lowest BCUT2D eigenvalue weighted by Crippen LogP contribution is -2.28. The predicted molar refractivity (Wildman–Crippen MR) is 62.8 cm³/mol. The molecular weight excluding hydrogens is 190 g/mol. The molecule has 0 aromatic carbocycles. The van der Waals surface area contributed by atoms with Gasteiger partial charge in [0.15, 0.2) is 5.96 Å². The second-order valence-electron chi connectivity index (χ2n) is 4.19. The molecule has 0 spiro atoms. The highest BCUT2D eigenvalue weighted by Gasteiger charge is 2.13. The molecule has 0 saturated carbocycles. The van der Waals surface area contributed by atoms with Crippen molar-refractivity contribution >= 4 is 11.6 Å². The fourth-order valence-corrected chi connectivity index (χ4v) is 1.07. The third-order valence-corrected chi connectivity index (χ3v) is 2.27. The van der Waals surface area contributed by atoms with Gasteiger partial charge in [0.1, 0.15) is 0 Å². The summed E-state index contributed by atoms with van der Waals surface area (Å²) in [6, 6.07) is 0. The summed E-state index contributed by atoms with van der Waals surface area (Å²) >= 11 is 0. The number of hydrogen-bond acceptors (Lipinski definition) is 2. The minimum atomic E-state index is -0.126. The second-order valence-corrected chi connectivity index (χ2v) is 4.19. The van der Waals surface area contributed by atoms with Gasteiger partial charge in [-0.25, -0.2) is 4.99 Å². The third-order valence-electron chi connectivity index (χ3n) is 2.27. The molecule has 0 aliphatic rings. The Morgan fingerprint density at radius 1 is 1.67 bits per heavy atom. The van der Waals surface area contributed by atoms with Crippen LogP contribution in [0.1, 0.15) is 27.2 Å². The van der Waals surface area contributed by atoms with Gasteiger partial charge in [-0.3, -0.25) is 4.68 Å². The van der Waals surface area contributed by atoms with Crippen molar-refractivity contribution in [3.8, 4) is 0 Å². The van der Waals surface area contributed by atoms with Crippen LogP contribution in [0.4, 0.5) is 5.69 Å². The van der Waals surface area contributed by atoms with Crippen LogP contribution in [0.25, 0.3) is 0 Å². The quantitative estimate of drug-likeness (QED) is 0.583. The lowest BCUT2D eigenvalue weighted by Gasteiger charge is -2.17. The SMILES string of the molecule is CCC(C)(C)N=C(N)Nc1cnn(C)c1. The Bertz CT molecular complexity index is 350. The van der Waals surface area contributed by atoms with Crippen molar-refractivity contribution in [2.24, 2.45) is 17.8 Å². The third kappa shape index (κ3) is 3.61. The number of nitrogens with zero attached hydrogens (tertiary/aromatic N) is 3. The van der Waals surface area contributed by atoms with E-state index in [1.54, 1.807) is 10.9 Å². The van der Waals surface area contributed by atoms with Crippen molar-refractivity contribution < 1.29 is 0 Å². The van der Waals surface area contributed by atoms with Crippen LogP contribution in [0, 0.1) is 0 Å². The fourth-order valence-electron chi connectivity index (χ4n) is 1.07. The lowest BCUT2D eigenvalue weighted by atomic mass is 10.0. The molecule has 0 aliphatic carbocycles. The smallest absolute Gasteiger partial charge is 0.193 e. The Kier molecular flexibility index (Phi) is 3.34. The Morgan fingerprint density at radius 2 is 2.33 bits per heavy atom. The van der Waals surface area contributed by atoms with E-state index in [0.717, 1.165) is 12.1 Å². The molecule has 0 fully saturated rings. The molecule has 0 atom stereocenters. The number of aromatic nitrogens is 2. The van der Waals surface area contributed by atoms with Crippen molar-refractivity contribution in [3.05, 3.63) is 12.4 Å². The molecule has 3 N–H and O–H groups in total. The van der Waals surface area contributed by atoms with Crippen LogP contribution in [0.3, 0.4) is 0 Å². The maximum Gasteiger partial charge on any atom is 0.193 e. The first-order valence-corrected chi connectivity index (χ1v) is 5.04. The fraction of sp³-hybridized carbons (Fsp3) is 0.600. The van der Waals surface area contributed by atoms with E-state index in [9.17, 15) is 0 Å². The van der Waals surface area contributed by atoms with Gasteiger partial charge in [0, 0.05) is 13.2 Å². The molecule has 0 saturated heterocycles. The van der Waals surface area contributed by atoms with Crippen LogP contribution in [-0.2, 0) is 7.05 Å². The van der Waals surface area contributed by atoms with E-state index in [4.69, 9.17) is 5.73 Å². The number of rotatable bonds is 3. The summed E-state index contributed by atoms with van der Waals surface area (Å²) in [7, 11) is 1.86. The van der Waals surface area contributed by atoms with Crippen LogP contribution in [0.15, 0.2) is 17.4 Å². The molecule has 5 nitrogen and oxygen atoms in total. The van der Waals surface area contributed by atoms with Crippen molar-refractivity contribution in [1.29, 1.82) is 0 Å². The maximum absolute atomic E-state index is 5.78. The molecule has 1 aromatic heterocycles. The Balaban J connectivity index is 2.67. The van der Waals surface area contributed by atoms with Gasteiger partial charge in [-0.05, 0) is 20.3 Å². The minimum absolute atomic E-state index is 0.126. The van der Waals surface area contributed by atoms with Crippen LogP contribution < -0.4 is 11.1 Å². The highest BCUT2D eigenvalue weighted by molar-refractivity contribution is 5.92. The maximum atomic E-state index is 5.78. The van der Waals surface area contributed by atoms with Crippen molar-refractivity contribution in [3.63, 3.8) is 0 Å². The first kappa shape index (κ1) is 11.6. The van der Waals surface area contributed by atoms with E-state index in [1.807, 2.05) is 27.1 Å². The van der Waals surface area contributed by atoms with E-state index in [1.165, 1.54) is 0 Å². The van der Waals surface area contributed by atoms with E-state index < -0.39 is 0 Å². The van der Waals surface area contributed by atoms with E-state index in [0.29, 0.717) is 5.96 Å². The molecule has 84 valence electrons. The zero-order valence-corrected chi connectivity index (χ0v) is 9.78. The van der Waals surface area contributed by atoms with Gasteiger partial charge in [0.05, 0.1) is 17.4 Å². The molecule has 0 aliphatic heterocycles. The molecule has 5 heteroatoms. The van der Waals surface area contributed by atoms with Crippen molar-refractivity contribution in [2.75, 3.05) is 5.32 Å². The zero-order chi connectivity index (χ0) is 11.5. The molecular formula is C10H19N5. The van der Waals surface area contributed by atoms with Crippen molar-refractivity contribution in [2.45, 2.75) is 32.7 Å². The zero-order valence-electron chi connectivity index (χ0n) is 9.78. The average molecular weight is 209 g/mol. The van der Waals surface area contributed by atoms with Gasteiger partial charge >= 0.3 is 0 Å². The van der Waals surface area contributed by atoms with E-state index in [-0.39, 0.29) is 5.54 Å². The van der Waals surface area contributed by atoms with Gasteiger partial charge < -0.3 is 11.1 Å². The number of nitrogens with one attached hydrogen (secondary N) is 1. The highest BCUT2D eigenvalue weighted by Crippen LogP contribution is 2.13. The number of hydrogen-bond donors (Lipinski definition) is 2. The van der Waals surface area contributed by atoms with Gasteiger partial charge in [0.2, 0.25) is 0 Å². The van der Waals surface area contributed by atoms with E-state index >= 15 is 0 Å². The Hall–Kier alpha value is -1.52. The highest BCUT2D eigenvalue weighted by atomic mass is 15.3. The monoisotopic (exact) mass is 209 g/mol. The average Bonchev–Trinajstić information content (AvgIpc) is 2.50. The normalized spacial score (nSPS) is 12.9. The molecule has 1 heterocycles. The van der Waals surface area contributed by atoms with Crippen LogP contribution in [0.2, 0.25) is 0 Å². The summed E-state index contributed by atoms with van der Waals surface area (Å²) in [5, 5.41) is 7.03. The largest absolute Gasteiger partial charge is 0.370 e. The molecule has 1 rings (SSSR count).